The molecule has 14 heavy (non-hydrogen) atoms. The third-order valence-electron chi connectivity index (χ3n) is 1.59. The van der Waals surface area contributed by atoms with Gasteiger partial charge in [-0.15, -0.1) is 0 Å². The lowest BCUT2D eigenvalue weighted by atomic mass is 10.3. The fraction of sp³-hybridized carbons (Fsp3) is 0.333. The lowest BCUT2D eigenvalue weighted by molar-refractivity contribution is -0.0568. The molecular formula is C9H12N2O3. The van der Waals surface area contributed by atoms with Crippen LogP contribution >= 0.6 is 0 Å². The Morgan fingerprint density at radius 1 is 1.64 bits per heavy atom. The van der Waals surface area contributed by atoms with Gasteiger partial charge >= 0.3 is 6.09 Å². The van der Waals surface area contributed by atoms with Gasteiger partial charge in [-0.3, -0.25) is 4.98 Å². The highest BCUT2D eigenvalue weighted by molar-refractivity contribution is 5.66. The second-order valence-corrected chi connectivity index (χ2v) is 2.71. The van der Waals surface area contributed by atoms with Crippen LogP contribution in [0.1, 0.15) is 17.7 Å². The van der Waals surface area contributed by atoms with Gasteiger partial charge in [0.2, 0.25) is 6.29 Å². The van der Waals surface area contributed by atoms with Crippen molar-refractivity contribution in [2.24, 2.45) is 0 Å². The van der Waals surface area contributed by atoms with Crippen molar-refractivity contribution >= 4 is 6.09 Å². The Morgan fingerprint density at radius 3 is 2.93 bits per heavy atom. The van der Waals surface area contributed by atoms with Gasteiger partial charge in [-0.1, -0.05) is 6.07 Å². The van der Waals surface area contributed by atoms with Crippen molar-refractivity contribution < 1.29 is 14.6 Å². The highest BCUT2D eigenvalue weighted by Crippen LogP contribution is 2.11. The Morgan fingerprint density at radius 2 is 2.36 bits per heavy atom. The molecule has 0 aromatic carbocycles. The molecule has 1 rings (SSSR count). The van der Waals surface area contributed by atoms with E-state index in [1.165, 1.54) is 7.05 Å². The van der Waals surface area contributed by atoms with Gasteiger partial charge in [-0.05, 0) is 19.1 Å². The highest BCUT2D eigenvalue weighted by atomic mass is 16.6. The predicted molar refractivity (Wildman–Crippen MR) is 49.5 cm³/mol. The summed E-state index contributed by atoms with van der Waals surface area (Å²) >= 11 is 0. The average molecular weight is 196 g/mol. The summed E-state index contributed by atoms with van der Waals surface area (Å²) in [6.07, 6.45) is -2.02. The number of hydrogen-bond acceptors (Lipinski definition) is 4. The highest BCUT2D eigenvalue weighted by Gasteiger charge is 2.13. The second kappa shape index (κ2) is 4.57. The summed E-state index contributed by atoms with van der Waals surface area (Å²) in [5.41, 5.74) is 1.07. The fourth-order valence-corrected chi connectivity index (χ4v) is 0.922. The standard InChI is InChI=1S/C9H12N2O3/c1-6-4-3-5-7(11-6)8(12)14-9(13)10-2/h3-5,8,12H,1-2H3,(H,10,13). The molecular weight excluding hydrogens is 184 g/mol. The number of carbonyl (C=O) groups excluding carboxylic acids is 1. The first-order valence-corrected chi connectivity index (χ1v) is 4.13. The molecule has 1 atom stereocenters. The normalized spacial score (nSPS) is 11.9. The minimum Gasteiger partial charge on any atom is -0.414 e. The molecule has 0 radical (unpaired) electrons. The lowest BCUT2D eigenvalue weighted by Gasteiger charge is -2.10. The number of aromatic nitrogens is 1. The quantitative estimate of drug-likeness (QED) is 0.684. The van der Waals surface area contributed by atoms with Crippen LogP contribution < -0.4 is 5.32 Å². The summed E-state index contributed by atoms with van der Waals surface area (Å²) in [5.74, 6) is 0. The van der Waals surface area contributed by atoms with Crippen LogP contribution in [-0.2, 0) is 4.74 Å². The Hall–Kier alpha value is -1.62. The van der Waals surface area contributed by atoms with E-state index in [1.807, 2.05) is 0 Å². The maximum Gasteiger partial charge on any atom is 0.409 e. The first-order valence-electron chi connectivity index (χ1n) is 4.13. The third kappa shape index (κ3) is 2.70. The summed E-state index contributed by atoms with van der Waals surface area (Å²) in [5, 5.41) is 11.6. The monoisotopic (exact) mass is 196 g/mol. The number of rotatable bonds is 2. The summed E-state index contributed by atoms with van der Waals surface area (Å²) in [6.45, 7) is 1.79. The van der Waals surface area contributed by atoms with Crippen molar-refractivity contribution in [1.29, 1.82) is 0 Å². The summed E-state index contributed by atoms with van der Waals surface area (Å²) in [6, 6.07) is 5.10. The molecule has 0 spiro atoms. The molecule has 1 amide bonds. The van der Waals surface area contributed by atoms with E-state index in [0.717, 1.165) is 5.69 Å². The molecule has 1 unspecified atom stereocenters. The summed E-state index contributed by atoms with van der Waals surface area (Å²) < 4.78 is 4.58. The topological polar surface area (TPSA) is 71.5 Å². The van der Waals surface area contributed by atoms with Crippen LogP contribution in [0.3, 0.4) is 0 Å². The number of ether oxygens (including phenoxy) is 1. The number of aliphatic hydroxyl groups is 1. The molecule has 0 aliphatic heterocycles. The third-order valence-corrected chi connectivity index (χ3v) is 1.59. The molecule has 0 aliphatic carbocycles. The van der Waals surface area contributed by atoms with Crippen molar-refractivity contribution in [2.75, 3.05) is 7.05 Å². The number of aryl methyl sites for hydroxylation is 1. The van der Waals surface area contributed by atoms with Gasteiger partial charge in [0, 0.05) is 12.7 Å². The van der Waals surface area contributed by atoms with E-state index in [1.54, 1.807) is 25.1 Å². The van der Waals surface area contributed by atoms with Gasteiger partial charge in [0.05, 0.1) is 0 Å². The molecule has 76 valence electrons. The Kier molecular flexibility index (Phi) is 3.41. The van der Waals surface area contributed by atoms with E-state index in [2.05, 4.69) is 15.0 Å². The smallest absolute Gasteiger partial charge is 0.409 e. The van der Waals surface area contributed by atoms with Gasteiger partial charge in [-0.25, -0.2) is 4.79 Å². The van der Waals surface area contributed by atoms with Crippen molar-refractivity contribution in [2.45, 2.75) is 13.2 Å². The molecule has 0 fully saturated rings. The van der Waals surface area contributed by atoms with E-state index >= 15 is 0 Å². The van der Waals surface area contributed by atoms with Crippen LogP contribution in [0.2, 0.25) is 0 Å². The maximum absolute atomic E-state index is 10.8. The van der Waals surface area contributed by atoms with Gasteiger partial charge in [-0.2, -0.15) is 0 Å². The van der Waals surface area contributed by atoms with Crippen LogP contribution in [0.4, 0.5) is 4.79 Å². The van der Waals surface area contributed by atoms with Crippen LogP contribution in [0.5, 0.6) is 0 Å². The molecule has 5 heteroatoms. The first-order chi connectivity index (χ1) is 6.63. The molecule has 5 nitrogen and oxygen atoms in total. The fourth-order valence-electron chi connectivity index (χ4n) is 0.922. The summed E-state index contributed by atoms with van der Waals surface area (Å²) in [7, 11) is 1.42. The molecule has 0 saturated carbocycles. The van der Waals surface area contributed by atoms with Crippen molar-refractivity contribution in [3.05, 3.63) is 29.6 Å². The number of nitrogens with zero attached hydrogens (tertiary/aromatic N) is 1. The molecule has 0 saturated heterocycles. The molecule has 1 heterocycles. The summed E-state index contributed by atoms with van der Waals surface area (Å²) in [4.78, 5) is 14.8. The van der Waals surface area contributed by atoms with Crippen LogP contribution in [-0.4, -0.2) is 23.2 Å². The van der Waals surface area contributed by atoms with Crippen LogP contribution in [0.15, 0.2) is 18.2 Å². The van der Waals surface area contributed by atoms with Crippen molar-refractivity contribution in [1.82, 2.24) is 10.3 Å². The van der Waals surface area contributed by atoms with Crippen molar-refractivity contribution in [3.8, 4) is 0 Å². The van der Waals surface area contributed by atoms with E-state index < -0.39 is 12.4 Å². The first kappa shape index (κ1) is 10.5. The van der Waals surface area contributed by atoms with Crippen molar-refractivity contribution in [3.63, 3.8) is 0 Å². The largest absolute Gasteiger partial charge is 0.414 e. The van der Waals surface area contributed by atoms with E-state index in [0.29, 0.717) is 5.69 Å². The van der Waals surface area contributed by atoms with Gasteiger partial charge < -0.3 is 15.2 Å². The predicted octanol–water partition coefficient (Wildman–Crippen LogP) is 0.737. The minimum absolute atomic E-state index is 0.314. The Labute approximate surface area is 81.7 Å². The SMILES string of the molecule is CNC(=O)OC(O)c1cccc(C)n1. The molecule has 0 aliphatic rings. The number of amides is 1. The number of hydrogen-bond donors (Lipinski definition) is 2. The average Bonchev–Trinajstić information content (AvgIpc) is 2.17. The van der Waals surface area contributed by atoms with Gasteiger partial charge in [0.1, 0.15) is 5.69 Å². The number of pyridine rings is 1. The second-order valence-electron chi connectivity index (χ2n) is 2.71. The Bertz CT molecular complexity index is 328. The number of alkyl carbamates (subject to hydrolysis) is 1. The zero-order valence-electron chi connectivity index (χ0n) is 8.02. The molecule has 2 N–H and O–H groups in total. The minimum atomic E-state index is -1.32. The Balaban J connectivity index is 2.69. The van der Waals surface area contributed by atoms with Crippen LogP contribution in [0.25, 0.3) is 0 Å². The van der Waals surface area contributed by atoms with Crippen LogP contribution in [0, 0.1) is 6.92 Å². The zero-order valence-corrected chi connectivity index (χ0v) is 8.02. The lowest BCUT2D eigenvalue weighted by Crippen LogP contribution is -2.22. The van der Waals surface area contributed by atoms with E-state index in [4.69, 9.17) is 0 Å². The molecule has 0 bridgehead atoms. The van der Waals surface area contributed by atoms with E-state index in [9.17, 15) is 9.90 Å². The zero-order chi connectivity index (χ0) is 10.6. The number of nitrogens with one attached hydrogen (secondary N) is 1. The van der Waals surface area contributed by atoms with E-state index in [-0.39, 0.29) is 0 Å². The van der Waals surface area contributed by atoms with Gasteiger partial charge in [0.15, 0.2) is 0 Å². The molecule has 1 aromatic heterocycles. The molecule has 1 aromatic rings. The van der Waals surface area contributed by atoms with Gasteiger partial charge in [0.25, 0.3) is 0 Å². The number of aliphatic hydroxyl groups excluding tert-OH is 1. The maximum atomic E-state index is 10.8. The number of carbonyl (C=O) groups is 1.